The summed E-state index contributed by atoms with van der Waals surface area (Å²) in [4.78, 5) is 36.7. The molecule has 7 heteroatoms. The van der Waals surface area contributed by atoms with E-state index < -0.39 is 0 Å². The molecule has 2 aliphatic rings. The van der Waals surface area contributed by atoms with E-state index in [9.17, 15) is 9.59 Å². The first kappa shape index (κ1) is 22.2. The van der Waals surface area contributed by atoms with E-state index in [1.54, 1.807) is 34.1 Å². The molecule has 0 spiro atoms. The Labute approximate surface area is 204 Å². The molecule has 2 amide bonds. The fourth-order valence-electron chi connectivity index (χ4n) is 4.43. The second-order valence-corrected chi connectivity index (χ2v) is 9.04. The van der Waals surface area contributed by atoms with Crippen molar-refractivity contribution in [2.45, 2.75) is 13.1 Å². The van der Waals surface area contributed by atoms with Crippen LogP contribution in [0.2, 0.25) is 5.02 Å². The molecule has 3 aromatic rings. The largest absolute Gasteiger partial charge is 0.358 e. The lowest BCUT2D eigenvalue weighted by atomic mass is 10.1. The van der Waals surface area contributed by atoms with Crippen LogP contribution >= 0.6 is 11.6 Å². The lowest BCUT2D eigenvalue weighted by Crippen LogP contribution is -2.39. The van der Waals surface area contributed by atoms with Crippen molar-refractivity contribution in [1.82, 2.24) is 9.80 Å². The SMILES string of the molecule is CN1CCN=C1c1ccc(CN2C(=O)CN(C(=O)c3ccc(Cl)cc3)Cc3ccccc32)cc1. The van der Waals surface area contributed by atoms with Gasteiger partial charge in [0.25, 0.3) is 5.91 Å². The number of carbonyl (C=O) groups excluding carboxylic acids is 2. The van der Waals surface area contributed by atoms with Crippen LogP contribution in [0.3, 0.4) is 0 Å². The third-order valence-corrected chi connectivity index (χ3v) is 6.51. The van der Waals surface area contributed by atoms with Crippen molar-refractivity contribution in [2.24, 2.45) is 4.99 Å². The van der Waals surface area contributed by atoms with E-state index in [4.69, 9.17) is 11.6 Å². The number of fused-ring (bicyclic) bond motifs is 1. The number of nitrogens with zero attached hydrogens (tertiary/aromatic N) is 4. The number of benzene rings is 3. The van der Waals surface area contributed by atoms with Gasteiger partial charge in [0.15, 0.2) is 0 Å². The predicted octanol–water partition coefficient (Wildman–Crippen LogP) is 4.22. The summed E-state index contributed by atoms with van der Waals surface area (Å²) in [6.07, 6.45) is 0. The van der Waals surface area contributed by atoms with Gasteiger partial charge in [0, 0.05) is 42.0 Å². The highest BCUT2D eigenvalue weighted by Gasteiger charge is 2.29. The first-order valence-corrected chi connectivity index (χ1v) is 11.7. The van der Waals surface area contributed by atoms with E-state index in [1.807, 2.05) is 43.4 Å². The Morgan fingerprint density at radius 2 is 1.71 bits per heavy atom. The van der Waals surface area contributed by atoms with Gasteiger partial charge in [-0.25, -0.2) is 0 Å². The maximum absolute atomic E-state index is 13.4. The lowest BCUT2D eigenvalue weighted by molar-refractivity contribution is -0.119. The highest BCUT2D eigenvalue weighted by atomic mass is 35.5. The quantitative estimate of drug-likeness (QED) is 0.571. The van der Waals surface area contributed by atoms with Crippen molar-refractivity contribution < 1.29 is 9.59 Å². The summed E-state index contributed by atoms with van der Waals surface area (Å²) in [5.74, 6) is 0.697. The standard InChI is InChI=1S/C27H25ClN4O2/c1-30-15-14-29-26(30)20-8-6-19(7-9-20)16-32-24-5-3-2-4-22(24)17-31(18-25(32)33)27(34)21-10-12-23(28)13-11-21/h2-13H,14-18H2,1H3. The zero-order valence-electron chi connectivity index (χ0n) is 18.9. The summed E-state index contributed by atoms with van der Waals surface area (Å²) in [6.45, 7) is 2.56. The number of amidine groups is 1. The number of carbonyl (C=O) groups is 2. The van der Waals surface area contributed by atoms with E-state index in [0.29, 0.717) is 23.7 Å². The molecule has 34 heavy (non-hydrogen) atoms. The molecule has 0 saturated carbocycles. The summed E-state index contributed by atoms with van der Waals surface area (Å²) < 4.78 is 0. The fraction of sp³-hybridized carbons (Fsp3) is 0.222. The van der Waals surface area contributed by atoms with Gasteiger partial charge in [0.05, 0.1) is 13.1 Å². The number of aliphatic imine (C=N–C) groups is 1. The number of rotatable bonds is 4. The molecule has 0 atom stereocenters. The van der Waals surface area contributed by atoms with E-state index in [2.05, 4.69) is 22.0 Å². The van der Waals surface area contributed by atoms with Crippen LogP contribution in [0, 0.1) is 0 Å². The van der Waals surface area contributed by atoms with E-state index in [0.717, 1.165) is 41.3 Å². The number of para-hydroxylation sites is 1. The zero-order chi connectivity index (χ0) is 23.7. The normalized spacial score (nSPS) is 15.8. The Balaban J connectivity index is 1.40. The van der Waals surface area contributed by atoms with Gasteiger partial charge in [-0.15, -0.1) is 0 Å². The van der Waals surface area contributed by atoms with Crippen LogP contribution in [0.5, 0.6) is 0 Å². The average Bonchev–Trinajstić information content (AvgIpc) is 3.22. The van der Waals surface area contributed by atoms with Gasteiger partial charge in [-0.05, 0) is 41.5 Å². The molecule has 5 rings (SSSR count). The van der Waals surface area contributed by atoms with Crippen LogP contribution in [0.25, 0.3) is 0 Å². The second-order valence-electron chi connectivity index (χ2n) is 8.60. The highest BCUT2D eigenvalue weighted by molar-refractivity contribution is 6.30. The fourth-order valence-corrected chi connectivity index (χ4v) is 4.56. The summed E-state index contributed by atoms with van der Waals surface area (Å²) >= 11 is 5.97. The minimum Gasteiger partial charge on any atom is -0.358 e. The topological polar surface area (TPSA) is 56.2 Å². The summed E-state index contributed by atoms with van der Waals surface area (Å²) in [5.41, 5.74) is 4.38. The number of halogens is 1. The average molecular weight is 473 g/mol. The Kier molecular flexibility index (Phi) is 6.07. The molecular weight excluding hydrogens is 448 g/mol. The molecule has 6 nitrogen and oxygen atoms in total. The first-order chi connectivity index (χ1) is 16.5. The van der Waals surface area contributed by atoms with Crippen LogP contribution in [0.4, 0.5) is 5.69 Å². The molecular formula is C27H25ClN4O2. The molecule has 0 N–H and O–H groups in total. The lowest BCUT2D eigenvalue weighted by Gasteiger charge is -2.23. The molecule has 0 aliphatic carbocycles. The van der Waals surface area contributed by atoms with Crippen LogP contribution in [-0.2, 0) is 17.9 Å². The van der Waals surface area contributed by atoms with Gasteiger partial charge in [0.1, 0.15) is 12.4 Å². The smallest absolute Gasteiger partial charge is 0.254 e. The minimum absolute atomic E-state index is 0.00975. The number of likely N-dealkylation sites (N-methyl/N-ethyl adjacent to an activating group) is 1. The maximum Gasteiger partial charge on any atom is 0.254 e. The molecule has 0 fully saturated rings. The molecule has 2 aliphatic heterocycles. The highest BCUT2D eigenvalue weighted by Crippen LogP contribution is 2.28. The van der Waals surface area contributed by atoms with E-state index in [1.165, 1.54) is 0 Å². The molecule has 0 saturated heterocycles. The van der Waals surface area contributed by atoms with Gasteiger partial charge in [0.2, 0.25) is 5.91 Å². The second kappa shape index (κ2) is 9.31. The van der Waals surface area contributed by atoms with Crippen molar-refractivity contribution in [3.63, 3.8) is 0 Å². The first-order valence-electron chi connectivity index (χ1n) is 11.3. The van der Waals surface area contributed by atoms with Crippen LogP contribution in [0.15, 0.2) is 77.8 Å². The van der Waals surface area contributed by atoms with Crippen LogP contribution in [-0.4, -0.2) is 54.1 Å². The van der Waals surface area contributed by atoms with Crippen molar-refractivity contribution in [2.75, 3.05) is 31.6 Å². The van der Waals surface area contributed by atoms with Crippen molar-refractivity contribution >= 4 is 34.9 Å². The zero-order valence-corrected chi connectivity index (χ0v) is 19.7. The van der Waals surface area contributed by atoms with Gasteiger partial charge >= 0.3 is 0 Å². The molecule has 3 aromatic carbocycles. The monoisotopic (exact) mass is 472 g/mol. The Morgan fingerprint density at radius 1 is 0.971 bits per heavy atom. The Bertz CT molecular complexity index is 1250. The van der Waals surface area contributed by atoms with Crippen molar-refractivity contribution in [3.05, 3.63) is 100 Å². The third kappa shape index (κ3) is 4.41. The predicted molar refractivity (Wildman–Crippen MR) is 134 cm³/mol. The molecule has 172 valence electrons. The van der Waals surface area contributed by atoms with Gasteiger partial charge in [-0.2, -0.15) is 0 Å². The van der Waals surface area contributed by atoms with Gasteiger partial charge in [-0.1, -0.05) is 54.1 Å². The molecule has 0 unspecified atom stereocenters. The van der Waals surface area contributed by atoms with Gasteiger partial charge in [-0.3, -0.25) is 14.6 Å². The molecule has 0 radical (unpaired) electrons. The maximum atomic E-state index is 13.4. The number of anilines is 1. The Morgan fingerprint density at radius 3 is 2.41 bits per heavy atom. The summed E-state index contributed by atoms with van der Waals surface area (Å²) in [7, 11) is 2.05. The number of hydrogen-bond acceptors (Lipinski definition) is 4. The van der Waals surface area contributed by atoms with Crippen LogP contribution in [0.1, 0.15) is 27.0 Å². The van der Waals surface area contributed by atoms with Crippen molar-refractivity contribution in [3.8, 4) is 0 Å². The molecule has 0 aromatic heterocycles. The molecule has 2 heterocycles. The summed E-state index contributed by atoms with van der Waals surface area (Å²) in [5, 5.41) is 0.567. The summed E-state index contributed by atoms with van der Waals surface area (Å²) in [6, 6.07) is 22.7. The van der Waals surface area contributed by atoms with Gasteiger partial charge < -0.3 is 14.7 Å². The van der Waals surface area contributed by atoms with Crippen LogP contribution < -0.4 is 4.90 Å². The minimum atomic E-state index is -0.188. The van der Waals surface area contributed by atoms with Crippen molar-refractivity contribution in [1.29, 1.82) is 0 Å². The number of amides is 2. The van der Waals surface area contributed by atoms with E-state index in [-0.39, 0.29) is 18.4 Å². The Hall–Kier alpha value is -3.64. The third-order valence-electron chi connectivity index (χ3n) is 6.26. The van der Waals surface area contributed by atoms with E-state index >= 15 is 0 Å². The molecule has 0 bridgehead atoms. The number of hydrogen-bond donors (Lipinski definition) is 0.